The van der Waals surface area contributed by atoms with E-state index in [4.69, 9.17) is 4.74 Å². The molecule has 0 unspecified atom stereocenters. The molecule has 0 radical (unpaired) electrons. The highest BCUT2D eigenvalue weighted by atomic mass is 32.2. The number of rotatable bonds is 9. The van der Waals surface area contributed by atoms with Gasteiger partial charge in [-0.2, -0.15) is 0 Å². The second kappa shape index (κ2) is 9.40. The number of thioether (sulfide) groups is 1. The third-order valence-corrected chi connectivity index (χ3v) is 5.54. The van der Waals surface area contributed by atoms with Crippen LogP contribution in [0.25, 0.3) is 0 Å². The molecule has 1 aromatic heterocycles. The molecule has 0 saturated heterocycles. The quantitative estimate of drug-likeness (QED) is 0.656. The van der Waals surface area contributed by atoms with Crippen molar-refractivity contribution in [3.8, 4) is 5.75 Å². The van der Waals surface area contributed by atoms with Crippen LogP contribution < -0.4 is 15.2 Å². The zero-order chi connectivity index (χ0) is 19.1. The van der Waals surface area contributed by atoms with Crippen LogP contribution in [0.1, 0.15) is 27.7 Å². The first-order valence-electron chi connectivity index (χ1n) is 7.83. The van der Waals surface area contributed by atoms with Crippen LogP contribution in [0.4, 0.5) is 5.00 Å². The standard InChI is InChI=1S/C18H19NO5S2/c1-3-13-8-14(17(23)11-4-6-12(24-2)7-5-11)18(26-13)19-15(20)9-25-10-16(21)22/h4-8H,3,9-10H2,1-2H3,(H,19,20)(H,21,22)/p-1. The maximum Gasteiger partial charge on any atom is 0.234 e. The molecule has 1 N–H and O–H groups in total. The highest BCUT2D eigenvalue weighted by Crippen LogP contribution is 2.31. The topological polar surface area (TPSA) is 95.5 Å². The molecule has 0 bridgehead atoms. The van der Waals surface area contributed by atoms with Crippen LogP contribution in [0.2, 0.25) is 0 Å². The number of aliphatic carboxylic acids is 1. The molecule has 0 atom stereocenters. The number of carbonyl (C=O) groups is 3. The zero-order valence-corrected chi connectivity index (χ0v) is 16.0. The Labute approximate surface area is 159 Å². The van der Waals surface area contributed by atoms with Crippen LogP contribution in [0.15, 0.2) is 30.3 Å². The third-order valence-electron chi connectivity index (χ3n) is 3.43. The van der Waals surface area contributed by atoms with Crippen molar-refractivity contribution in [1.82, 2.24) is 0 Å². The number of carbonyl (C=O) groups excluding carboxylic acids is 3. The van der Waals surface area contributed by atoms with E-state index in [1.807, 2.05) is 6.92 Å². The molecule has 8 heteroatoms. The minimum atomic E-state index is -1.22. The van der Waals surface area contributed by atoms with Gasteiger partial charge in [0.05, 0.1) is 24.4 Å². The van der Waals surface area contributed by atoms with E-state index < -0.39 is 5.97 Å². The lowest BCUT2D eigenvalue weighted by Crippen LogP contribution is -2.25. The van der Waals surface area contributed by atoms with E-state index in [1.54, 1.807) is 37.4 Å². The molecule has 0 spiro atoms. The average molecular weight is 392 g/mol. The predicted octanol–water partition coefficient (Wildman–Crippen LogP) is 1.97. The monoisotopic (exact) mass is 392 g/mol. The van der Waals surface area contributed by atoms with Gasteiger partial charge in [-0.05, 0) is 36.8 Å². The van der Waals surface area contributed by atoms with E-state index in [-0.39, 0.29) is 23.2 Å². The SMILES string of the molecule is CCc1cc(C(=O)c2ccc(OC)cc2)c(NC(=O)CSCC(=O)[O-])s1. The summed E-state index contributed by atoms with van der Waals surface area (Å²) < 4.78 is 5.09. The molecule has 1 aromatic carbocycles. The lowest BCUT2D eigenvalue weighted by Gasteiger charge is -2.07. The second-order valence-corrected chi connectivity index (χ2v) is 7.40. The fraction of sp³-hybridized carbons (Fsp3) is 0.278. The van der Waals surface area contributed by atoms with Crippen LogP contribution in [0.5, 0.6) is 5.75 Å². The summed E-state index contributed by atoms with van der Waals surface area (Å²) in [5.74, 6) is -1.40. The van der Waals surface area contributed by atoms with Gasteiger partial charge in [0.15, 0.2) is 5.78 Å². The molecule has 0 saturated carbocycles. The van der Waals surface area contributed by atoms with Gasteiger partial charge < -0.3 is 20.0 Å². The number of thiophene rings is 1. The molecule has 0 aliphatic rings. The Balaban J connectivity index is 2.17. The summed E-state index contributed by atoms with van der Waals surface area (Å²) in [6.07, 6.45) is 0.739. The Morgan fingerprint density at radius 3 is 2.46 bits per heavy atom. The number of hydrogen-bond donors (Lipinski definition) is 1. The van der Waals surface area contributed by atoms with E-state index >= 15 is 0 Å². The van der Waals surface area contributed by atoms with Crippen molar-refractivity contribution in [2.75, 3.05) is 23.9 Å². The van der Waals surface area contributed by atoms with Crippen LogP contribution in [-0.2, 0) is 16.0 Å². The van der Waals surface area contributed by atoms with Gasteiger partial charge in [0.1, 0.15) is 10.8 Å². The highest BCUT2D eigenvalue weighted by molar-refractivity contribution is 8.00. The summed E-state index contributed by atoms with van der Waals surface area (Å²) in [6.45, 7) is 1.97. The van der Waals surface area contributed by atoms with Crippen LogP contribution in [-0.4, -0.2) is 36.3 Å². The molecule has 1 amide bonds. The van der Waals surface area contributed by atoms with Crippen molar-refractivity contribution in [1.29, 1.82) is 0 Å². The molecule has 138 valence electrons. The Morgan fingerprint density at radius 1 is 1.19 bits per heavy atom. The molecular weight excluding hydrogens is 374 g/mol. The lowest BCUT2D eigenvalue weighted by molar-refractivity contribution is -0.301. The van der Waals surface area contributed by atoms with Crippen molar-refractivity contribution in [3.05, 3.63) is 46.3 Å². The van der Waals surface area contributed by atoms with Gasteiger partial charge >= 0.3 is 0 Å². The second-order valence-electron chi connectivity index (χ2n) is 5.28. The molecule has 0 aliphatic heterocycles. The van der Waals surface area contributed by atoms with Gasteiger partial charge in [0, 0.05) is 16.2 Å². The van der Waals surface area contributed by atoms with E-state index in [1.165, 1.54) is 11.3 Å². The fourth-order valence-electron chi connectivity index (χ4n) is 2.17. The first-order chi connectivity index (χ1) is 12.4. The van der Waals surface area contributed by atoms with E-state index in [2.05, 4.69) is 5.32 Å². The molecule has 0 fully saturated rings. The molecule has 0 aliphatic carbocycles. The first kappa shape index (κ1) is 20.0. The largest absolute Gasteiger partial charge is 0.549 e. The van der Waals surface area contributed by atoms with Crippen molar-refractivity contribution < 1.29 is 24.2 Å². The van der Waals surface area contributed by atoms with Gasteiger partial charge in [-0.15, -0.1) is 23.1 Å². The molecule has 6 nitrogen and oxygen atoms in total. The van der Waals surface area contributed by atoms with Gasteiger partial charge in [0.2, 0.25) is 5.91 Å². The van der Waals surface area contributed by atoms with Gasteiger partial charge in [0.25, 0.3) is 0 Å². The lowest BCUT2D eigenvalue weighted by atomic mass is 10.0. The van der Waals surface area contributed by atoms with E-state index in [0.29, 0.717) is 21.9 Å². The summed E-state index contributed by atoms with van der Waals surface area (Å²) >= 11 is 2.29. The number of amides is 1. The number of carboxylic acid groups (broad SMARTS) is 1. The number of aryl methyl sites for hydroxylation is 1. The number of nitrogens with one attached hydrogen (secondary N) is 1. The predicted molar refractivity (Wildman–Crippen MR) is 101 cm³/mol. The van der Waals surface area contributed by atoms with Crippen LogP contribution in [0, 0.1) is 0 Å². The van der Waals surface area contributed by atoms with E-state index in [9.17, 15) is 19.5 Å². The number of carboxylic acids is 1. The summed E-state index contributed by atoms with van der Waals surface area (Å²) in [5, 5.41) is 13.6. The highest BCUT2D eigenvalue weighted by Gasteiger charge is 2.19. The molecule has 26 heavy (non-hydrogen) atoms. The number of ether oxygens (including phenoxy) is 1. The smallest absolute Gasteiger partial charge is 0.234 e. The van der Waals surface area contributed by atoms with Crippen molar-refractivity contribution >= 4 is 45.8 Å². The Kier molecular flexibility index (Phi) is 7.23. The molecular formula is C18H18NO5S2-. The summed E-state index contributed by atoms with van der Waals surface area (Å²) in [5.41, 5.74) is 0.920. The molecule has 1 heterocycles. The van der Waals surface area contributed by atoms with Crippen LogP contribution in [0.3, 0.4) is 0 Å². The summed E-state index contributed by atoms with van der Waals surface area (Å²) in [6, 6.07) is 8.53. The number of anilines is 1. The normalized spacial score (nSPS) is 10.4. The fourth-order valence-corrected chi connectivity index (χ4v) is 3.70. The van der Waals surface area contributed by atoms with Crippen molar-refractivity contribution in [2.45, 2.75) is 13.3 Å². The average Bonchev–Trinajstić information content (AvgIpc) is 3.03. The summed E-state index contributed by atoms with van der Waals surface area (Å²) in [4.78, 5) is 36.2. The number of methoxy groups -OCH3 is 1. The van der Waals surface area contributed by atoms with Crippen LogP contribution >= 0.6 is 23.1 Å². The first-order valence-corrected chi connectivity index (χ1v) is 9.80. The van der Waals surface area contributed by atoms with Gasteiger partial charge in [-0.1, -0.05) is 6.92 Å². The molecule has 2 rings (SSSR count). The third kappa shape index (κ3) is 5.34. The Hall–Kier alpha value is -2.32. The minimum Gasteiger partial charge on any atom is -0.549 e. The minimum absolute atomic E-state index is 0.0243. The zero-order valence-electron chi connectivity index (χ0n) is 14.4. The van der Waals surface area contributed by atoms with Crippen molar-refractivity contribution in [2.24, 2.45) is 0 Å². The summed E-state index contributed by atoms with van der Waals surface area (Å²) in [7, 11) is 1.55. The van der Waals surface area contributed by atoms with E-state index in [0.717, 1.165) is 23.1 Å². The Bertz CT molecular complexity index is 798. The van der Waals surface area contributed by atoms with Gasteiger partial charge in [-0.25, -0.2) is 0 Å². The number of benzene rings is 1. The van der Waals surface area contributed by atoms with Gasteiger partial charge in [-0.3, -0.25) is 9.59 Å². The number of hydrogen-bond acceptors (Lipinski definition) is 7. The number of ketones is 1. The van der Waals surface area contributed by atoms with Crippen molar-refractivity contribution in [3.63, 3.8) is 0 Å². The maximum absolute atomic E-state index is 12.8. The maximum atomic E-state index is 12.8. The molecule has 2 aromatic rings. The Morgan fingerprint density at radius 2 is 1.88 bits per heavy atom.